The van der Waals surface area contributed by atoms with E-state index in [1.54, 1.807) is 11.9 Å². The first-order valence-electron chi connectivity index (χ1n) is 6.08. The molecule has 0 aromatic carbocycles. The molecule has 1 aliphatic rings. The second kappa shape index (κ2) is 6.56. The van der Waals surface area contributed by atoms with Gasteiger partial charge in [0.1, 0.15) is 0 Å². The molecule has 0 radical (unpaired) electrons. The Morgan fingerprint density at radius 2 is 2.12 bits per heavy atom. The van der Waals surface area contributed by atoms with Crippen LogP contribution >= 0.6 is 0 Å². The van der Waals surface area contributed by atoms with Gasteiger partial charge in [-0.1, -0.05) is 13.3 Å². The minimum absolute atomic E-state index is 0.0269. The van der Waals surface area contributed by atoms with Gasteiger partial charge in [0.05, 0.1) is 12.6 Å². The second-order valence-electron chi connectivity index (χ2n) is 4.57. The highest BCUT2D eigenvalue weighted by Crippen LogP contribution is 2.18. The summed E-state index contributed by atoms with van der Waals surface area (Å²) >= 11 is 0. The normalized spacial score (nSPS) is 16.7. The van der Waals surface area contributed by atoms with Crippen LogP contribution in [0.2, 0.25) is 0 Å². The topological polar surface area (TPSA) is 87.5 Å². The van der Waals surface area contributed by atoms with E-state index in [0.29, 0.717) is 12.5 Å². The molecule has 2 amide bonds. The highest BCUT2D eigenvalue weighted by atomic mass is 16.2. The first-order valence-corrected chi connectivity index (χ1v) is 6.08. The highest BCUT2D eigenvalue weighted by molar-refractivity contribution is 5.83. The van der Waals surface area contributed by atoms with Crippen LogP contribution in [0.15, 0.2) is 0 Å². The molecule has 0 aromatic heterocycles. The largest absolute Gasteiger partial charge is 0.352 e. The number of nitrogens with one attached hydrogen (secondary N) is 2. The van der Waals surface area contributed by atoms with Crippen molar-refractivity contribution in [3.63, 3.8) is 0 Å². The van der Waals surface area contributed by atoms with E-state index in [9.17, 15) is 9.59 Å². The molecule has 0 aromatic rings. The quantitative estimate of drug-likeness (QED) is 0.315. The Kier molecular flexibility index (Phi) is 5.37. The Morgan fingerprint density at radius 3 is 2.59 bits per heavy atom. The van der Waals surface area contributed by atoms with Crippen LogP contribution < -0.4 is 16.6 Å². The van der Waals surface area contributed by atoms with Gasteiger partial charge in [0, 0.05) is 6.04 Å². The van der Waals surface area contributed by atoms with Crippen molar-refractivity contribution in [3.05, 3.63) is 0 Å². The van der Waals surface area contributed by atoms with Gasteiger partial charge < -0.3 is 5.32 Å². The standard InChI is InChI=1S/C11H22N4O2/c1-3-4-9(11(17)14-12)15(2)7-10(16)13-8-5-6-8/h8-9H,3-7,12H2,1-2H3,(H,13,16)(H,14,17). The number of nitrogens with zero attached hydrogens (tertiary/aromatic N) is 1. The fraction of sp³-hybridized carbons (Fsp3) is 0.818. The third-order valence-electron chi connectivity index (χ3n) is 2.87. The Hall–Kier alpha value is -1.14. The molecule has 0 heterocycles. The summed E-state index contributed by atoms with van der Waals surface area (Å²) in [5, 5.41) is 2.90. The SMILES string of the molecule is CCCC(C(=O)NN)N(C)CC(=O)NC1CC1. The molecule has 1 unspecified atom stereocenters. The molecule has 1 saturated carbocycles. The molecule has 0 spiro atoms. The minimum Gasteiger partial charge on any atom is -0.352 e. The highest BCUT2D eigenvalue weighted by Gasteiger charge is 2.26. The maximum absolute atomic E-state index is 11.6. The summed E-state index contributed by atoms with van der Waals surface area (Å²) in [7, 11) is 1.77. The van der Waals surface area contributed by atoms with Crippen molar-refractivity contribution in [3.8, 4) is 0 Å². The predicted molar refractivity (Wildman–Crippen MR) is 64.8 cm³/mol. The van der Waals surface area contributed by atoms with E-state index in [4.69, 9.17) is 5.84 Å². The van der Waals surface area contributed by atoms with Crippen LogP contribution in [0.25, 0.3) is 0 Å². The third kappa shape index (κ3) is 4.70. The monoisotopic (exact) mass is 242 g/mol. The Bertz CT molecular complexity index is 279. The predicted octanol–water partition coefficient (Wildman–Crippen LogP) is -0.645. The van der Waals surface area contributed by atoms with Gasteiger partial charge in [-0.3, -0.25) is 19.9 Å². The number of hydrazine groups is 1. The van der Waals surface area contributed by atoms with Gasteiger partial charge >= 0.3 is 0 Å². The summed E-state index contributed by atoms with van der Waals surface area (Å²) in [5.74, 6) is 4.87. The van der Waals surface area contributed by atoms with E-state index in [0.717, 1.165) is 19.3 Å². The van der Waals surface area contributed by atoms with E-state index in [1.165, 1.54) is 0 Å². The summed E-state index contributed by atoms with van der Waals surface area (Å²) < 4.78 is 0. The number of nitrogens with two attached hydrogens (primary N) is 1. The molecule has 17 heavy (non-hydrogen) atoms. The lowest BCUT2D eigenvalue weighted by Crippen LogP contribution is -2.50. The van der Waals surface area contributed by atoms with Crippen LogP contribution in [0.1, 0.15) is 32.6 Å². The van der Waals surface area contributed by atoms with Crippen LogP contribution in [0.5, 0.6) is 0 Å². The molecule has 0 bridgehead atoms. The number of hydrogen-bond donors (Lipinski definition) is 3. The number of carbonyl (C=O) groups is 2. The third-order valence-corrected chi connectivity index (χ3v) is 2.87. The zero-order valence-electron chi connectivity index (χ0n) is 10.5. The van der Waals surface area contributed by atoms with Gasteiger partial charge in [0.25, 0.3) is 5.91 Å². The summed E-state index contributed by atoms with van der Waals surface area (Å²) in [4.78, 5) is 24.9. The molecule has 1 atom stereocenters. The van der Waals surface area contributed by atoms with Crippen molar-refractivity contribution in [1.29, 1.82) is 0 Å². The maximum atomic E-state index is 11.6. The molecular weight excluding hydrogens is 220 g/mol. The Labute approximate surface area is 102 Å². The summed E-state index contributed by atoms with van der Waals surface area (Å²) in [6.45, 7) is 2.23. The first-order chi connectivity index (χ1) is 8.08. The summed E-state index contributed by atoms with van der Waals surface area (Å²) in [5.41, 5.74) is 2.14. The second-order valence-corrected chi connectivity index (χ2v) is 4.57. The van der Waals surface area contributed by atoms with E-state index in [-0.39, 0.29) is 24.4 Å². The first kappa shape index (κ1) is 13.9. The van der Waals surface area contributed by atoms with Crippen LogP contribution in [-0.4, -0.2) is 42.4 Å². The van der Waals surface area contributed by atoms with Crippen molar-refractivity contribution in [2.24, 2.45) is 5.84 Å². The molecule has 4 N–H and O–H groups in total. The van der Waals surface area contributed by atoms with Gasteiger partial charge in [0.2, 0.25) is 5.91 Å². The smallest absolute Gasteiger partial charge is 0.251 e. The number of likely N-dealkylation sites (N-methyl/N-ethyl adjacent to an activating group) is 1. The van der Waals surface area contributed by atoms with Crippen molar-refractivity contribution < 1.29 is 9.59 Å². The molecule has 6 heteroatoms. The van der Waals surface area contributed by atoms with Crippen molar-refractivity contribution in [1.82, 2.24) is 15.6 Å². The van der Waals surface area contributed by atoms with E-state index in [1.807, 2.05) is 6.92 Å². The molecule has 1 fully saturated rings. The molecule has 98 valence electrons. The number of amides is 2. The number of carbonyl (C=O) groups excluding carboxylic acids is 2. The van der Waals surface area contributed by atoms with Gasteiger partial charge in [-0.15, -0.1) is 0 Å². The van der Waals surface area contributed by atoms with Crippen LogP contribution in [0.4, 0.5) is 0 Å². The van der Waals surface area contributed by atoms with E-state index in [2.05, 4.69) is 10.7 Å². The lowest BCUT2D eigenvalue weighted by molar-refractivity contribution is -0.128. The van der Waals surface area contributed by atoms with Crippen LogP contribution in [0, 0.1) is 0 Å². The Balaban J connectivity index is 2.41. The molecule has 6 nitrogen and oxygen atoms in total. The zero-order chi connectivity index (χ0) is 12.8. The van der Waals surface area contributed by atoms with Gasteiger partial charge in [-0.05, 0) is 26.3 Å². The lowest BCUT2D eigenvalue weighted by atomic mass is 10.1. The lowest BCUT2D eigenvalue weighted by Gasteiger charge is -2.25. The Morgan fingerprint density at radius 1 is 1.47 bits per heavy atom. The average Bonchev–Trinajstić information content (AvgIpc) is 3.08. The molecule has 0 saturated heterocycles. The van der Waals surface area contributed by atoms with Crippen molar-refractivity contribution in [2.45, 2.75) is 44.7 Å². The van der Waals surface area contributed by atoms with Crippen molar-refractivity contribution in [2.75, 3.05) is 13.6 Å². The fourth-order valence-corrected chi connectivity index (χ4v) is 1.76. The number of hydrogen-bond acceptors (Lipinski definition) is 4. The summed E-state index contributed by atoms with van der Waals surface area (Å²) in [6.07, 6.45) is 3.69. The fourth-order valence-electron chi connectivity index (χ4n) is 1.76. The molecule has 0 aliphatic heterocycles. The average molecular weight is 242 g/mol. The maximum Gasteiger partial charge on any atom is 0.251 e. The zero-order valence-corrected chi connectivity index (χ0v) is 10.5. The van der Waals surface area contributed by atoms with Crippen LogP contribution in [0.3, 0.4) is 0 Å². The van der Waals surface area contributed by atoms with Crippen LogP contribution in [-0.2, 0) is 9.59 Å². The molecular formula is C11H22N4O2. The van der Waals surface area contributed by atoms with Gasteiger partial charge in [-0.25, -0.2) is 5.84 Å². The van der Waals surface area contributed by atoms with E-state index >= 15 is 0 Å². The number of rotatable bonds is 7. The van der Waals surface area contributed by atoms with E-state index < -0.39 is 0 Å². The van der Waals surface area contributed by atoms with Gasteiger partial charge in [0.15, 0.2) is 0 Å². The molecule has 1 rings (SSSR count). The minimum atomic E-state index is -0.338. The summed E-state index contributed by atoms with van der Waals surface area (Å²) in [6, 6.07) is 0.0128. The van der Waals surface area contributed by atoms with Crippen molar-refractivity contribution >= 4 is 11.8 Å². The van der Waals surface area contributed by atoms with Gasteiger partial charge in [-0.2, -0.15) is 0 Å². The molecule has 1 aliphatic carbocycles.